The second-order valence-electron chi connectivity index (χ2n) is 5.67. The molecule has 0 bridgehead atoms. The highest BCUT2D eigenvalue weighted by Crippen LogP contribution is 2.38. The molecule has 0 aromatic heterocycles. The lowest BCUT2D eigenvalue weighted by Crippen LogP contribution is -2.36. The van der Waals surface area contributed by atoms with Gasteiger partial charge in [-0.3, -0.25) is 9.59 Å². The summed E-state index contributed by atoms with van der Waals surface area (Å²) in [5, 5.41) is 9.31. The average molecular weight is 274 g/mol. The fraction of sp³-hybridized carbons (Fsp3) is 0.467. The van der Waals surface area contributed by atoms with Crippen LogP contribution in [0.3, 0.4) is 0 Å². The smallest absolute Gasteiger partial charge is 0.312 e. The van der Waals surface area contributed by atoms with Gasteiger partial charge in [0.05, 0.1) is 0 Å². The Kier molecular flexibility index (Phi) is 3.22. The molecular formula is C15H18N2O3. The molecule has 1 saturated carbocycles. The second-order valence-corrected chi connectivity index (χ2v) is 5.67. The van der Waals surface area contributed by atoms with E-state index in [0.717, 1.165) is 24.1 Å². The van der Waals surface area contributed by atoms with E-state index in [2.05, 4.69) is 0 Å². The third kappa shape index (κ3) is 2.08. The quantitative estimate of drug-likeness (QED) is 0.852. The lowest BCUT2D eigenvalue weighted by atomic mass is 10.0. The maximum absolute atomic E-state index is 12.6. The Bertz CT molecular complexity index is 558. The Morgan fingerprint density at radius 2 is 2.00 bits per heavy atom. The van der Waals surface area contributed by atoms with Crippen molar-refractivity contribution >= 4 is 17.6 Å². The topological polar surface area (TPSA) is 83.6 Å². The third-order valence-electron chi connectivity index (χ3n) is 4.35. The molecule has 0 saturated heterocycles. The predicted molar refractivity (Wildman–Crippen MR) is 74.5 cm³/mol. The maximum atomic E-state index is 12.6. The highest BCUT2D eigenvalue weighted by atomic mass is 16.4. The van der Waals surface area contributed by atoms with Crippen LogP contribution < -0.4 is 10.6 Å². The number of nitrogens with zero attached hydrogens (tertiary/aromatic N) is 1. The second kappa shape index (κ2) is 4.90. The van der Waals surface area contributed by atoms with Crippen molar-refractivity contribution in [2.24, 2.45) is 11.7 Å². The van der Waals surface area contributed by atoms with Crippen molar-refractivity contribution in [3.63, 3.8) is 0 Å². The van der Waals surface area contributed by atoms with Crippen LogP contribution in [-0.2, 0) is 9.59 Å². The van der Waals surface area contributed by atoms with Gasteiger partial charge in [0, 0.05) is 24.2 Å². The summed E-state index contributed by atoms with van der Waals surface area (Å²) in [6.45, 7) is 0.235. The number of anilines is 1. The molecule has 3 unspecified atom stereocenters. The summed E-state index contributed by atoms with van der Waals surface area (Å²) in [7, 11) is 0. The van der Waals surface area contributed by atoms with Crippen LogP contribution in [0, 0.1) is 5.92 Å². The van der Waals surface area contributed by atoms with Crippen molar-refractivity contribution in [3.05, 3.63) is 29.8 Å². The zero-order valence-electron chi connectivity index (χ0n) is 11.2. The normalized spacial score (nSPS) is 28.4. The van der Waals surface area contributed by atoms with Gasteiger partial charge in [0.2, 0.25) is 5.91 Å². The molecule has 3 atom stereocenters. The van der Waals surface area contributed by atoms with Crippen LogP contribution in [0.5, 0.6) is 0 Å². The monoisotopic (exact) mass is 274 g/mol. The number of para-hydroxylation sites is 1. The maximum Gasteiger partial charge on any atom is 0.312 e. The summed E-state index contributed by atoms with van der Waals surface area (Å²) in [6, 6.07) is 7.36. The van der Waals surface area contributed by atoms with Gasteiger partial charge in [0.25, 0.3) is 0 Å². The first-order chi connectivity index (χ1) is 9.58. The number of carbonyl (C=O) groups is 2. The summed E-state index contributed by atoms with van der Waals surface area (Å²) in [5.41, 5.74) is 7.34. The Morgan fingerprint density at radius 1 is 1.25 bits per heavy atom. The number of rotatable bonds is 2. The molecule has 1 fully saturated rings. The molecule has 3 rings (SSSR count). The van der Waals surface area contributed by atoms with E-state index in [9.17, 15) is 14.7 Å². The van der Waals surface area contributed by atoms with E-state index in [1.807, 2.05) is 18.2 Å². The largest absolute Gasteiger partial charge is 0.481 e. The zero-order chi connectivity index (χ0) is 14.3. The van der Waals surface area contributed by atoms with Crippen LogP contribution in [0.2, 0.25) is 0 Å². The van der Waals surface area contributed by atoms with Gasteiger partial charge >= 0.3 is 5.97 Å². The number of carboxylic acids is 1. The van der Waals surface area contributed by atoms with E-state index in [0.29, 0.717) is 6.42 Å². The first kappa shape index (κ1) is 13.1. The van der Waals surface area contributed by atoms with Gasteiger partial charge in [-0.2, -0.15) is 0 Å². The van der Waals surface area contributed by atoms with Crippen LogP contribution in [0.15, 0.2) is 24.3 Å². The predicted octanol–water partition coefficient (Wildman–Crippen LogP) is 1.33. The molecular weight excluding hydrogens is 256 g/mol. The van der Waals surface area contributed by atoms with Crippen LogP contribution in [0.4, 0.5) is 5.69 Å². The molecule has 0 spiro atoms. The summed E-state index contributed by atoms with van der Waals surface area (Å²) in [6.07, 6.45) is 2.37. The number of carboxylic acid groups (broad SMARTS) is 1. The van der Waals surface area contributed by atoms with Crippen LogP contribution in [0.1, 0.15) is 30.7 Å². The van der Waals surface area contributed by atoms with Crippen LogP contribution >= 0.6 is 0 Å². The van der Waals surface area contributed by atoms with Gasteiger partial charge in [0.1, 0.15) is 5.92 Å². The average Bonchev–Trinajstić information content (AvgIpc) is 3.02. The molecule has 1 aromatic rings. The fourth-order valence-electron chi connectivity index (χ4n) is 3.29. The van der Waals surface area contributed by atoms with Gasteiger partial charge in [0.15, 0.2) is 0 Å². The van der Waals surface area contributed by atoms with Crippen molar-refractivity contribution in [1.82, 2.24) is 0 Å². The van der Waals surface area contributed by atoms with E-state index >= 15 is 0 Å². The van der Waals surface area contributed by atoms with Crippen LogP contribution in [-0.4, -0.2) is 29.6 Å². The van der Waals surface area contributed by atoms with Crippen molar-refractivity contribution < 1.29 is 14.7 Å². The number of nitrogens with two attached hydrogens (primary N) is 1. The molecule has 5 heteroatoms. The van der Waals surface area contributed by atoms with Gasteiger partial charge < -0.3 is 15.7 Å². The fourth-order valence-corrected chi connectivity index (χ4v) is 3.29. The Hall–Kier alpha value is -1.88. The van der Waals surface area contributed by atoms with E-state index in [1.54, 1.807) is 11.0 Å². The number of aliphatic carboxylic acids is 1. The van der Waals surface area contributed by atoms with E-state index in [-0.39, 0.29) is 24.4 Å². The number of amides is 1. The Morgan fingerprint density at radius 3 is 2.65 bits per heavy atom. The first-order valence-electron chi connectivity index (χ1n) is 6.96. The van der Waals surface area contributed by atoms with E-state index in [4.69, 9.17) is 5.73 Å². The van der Waals surface area contributed by atoms with Gasteiger partial charge in [-0.05, 0) is 30.9 Å². The molecule has 1 aliphatic heterocycles. The molecule has 1 aliphatic carbocycles. The summed E-state index contributed by atoms with van der Waals surface area (Å²) >= 11 is 0. The zero-order valence-corrected chi connectivity index (χ0v) is 11.2. The summed E-state index contributed by atoms with van der Waals surface area (Å²) < 4.78 is 0. The summed E-state index contributed by atoms with van der Waals surface area (Å²) in [4.78, 5) is 25.6. The number of carbonyl (C=O) groups excluding carboxylic acids is 1. The van der Waals surface area contributed by atoms with Gasteiger partial charge in [-0.25, -0.2) is 0 Å². The lowest BCUT2D eigenvalue weighted by molar-refractivity contribution is -0.138. The number of benzene rings is 1. The van der Waals surface area contributed by atoms with Crippen molar-refractivity contribution in [2.45, 2.75) is 31.2 Å². The molecule has 1 aromatic carbocycles. The summed E-state index contributed by atoms with van der Waals surface area (Å²) in [5.74, 6) is -1.54. The first-order valence-corrected chi connectivity index (χ1v) is 6.96. The van der Waals surface area contributed by atoms with Crippen molar-refractivity contribution in [1.29, 1.82) is 0 Å². The molecule has 1 heterocycles. The molecule has 1 amide bonds. The number of hydrogen-bond donors (Lipinski definition) is 2. The highest BCUT2D eigenvalue weighted by Gasteiger charge is 2.39. The third-order valence-corrected chi connectivity index (χ3v) is 4.35. The Balaban J connectivity index is 1.88. The lowest BCUT2D eigenvalue weighted by Gasteiger charge is -2.21. The molecule has 3 N–H and O–H groups in total. The van der Waals surface area contributed by atoms with Gasteiger partial charge in [-0.1, -0.05) is 18.2 Å². The number of hydrogen-bond acceptors (Lipinski definition) is 3. The minimum atomic E-state index is -0.879. The molecule has 2 aliphatic rings. The molecule has 5 nitrogen and oxygen atoms in total. The van der Waals surface area contributed by atoms with E-state index < -0.39 is 11.9 Å². The van der Waals surface area contributed by atoms with Crippen molar-refractivity contribution in [3.8, 4) is 0 Å². The van der Waals surface area contributed by atoms with Crippen molar-refractivity contribution in [2.75, 3.05) is 11.4 Å². The molecule has 106 valence electrons. The van der Waals surface area contributed by atoms with Gasteiger partial charge in [-0.15, -0.1) is 0 Å². The molecule has 0 radical (unpaired) electrons. The Labute approximate surface area is 117 Å². The van der Waals surface area contributed by atoms with E-state index in [1.165, 1.54) is 0 Å². The van der Waals surface area contributed by atoms with Crippen LogP contribution in [0.25, 0.3) is 0 Å². The highest BCUT2D eigenvalue weighted by molar-refractivity contribution is 6.00. The minimum Gasteiger partial charge on any atom is -0.481 e. The SMILES string of the molecule is NC1CCC(C(=O)N2CC(C(=O)O)c3ccccc32)C1. The standard InChI is InChI=1S/C15H18N2O3/c16-10-6-5-9(7-10)14(18)17-8-12(15(19)20)11-3-1-2-4-13(11)17/h1-4,9-10,12H,5-8,16H2,(H,19,20). The molecule has 20 heavy (non-hydrogen) atoms. The minimum absolute atomic E-state index is 0.0224. The number of fused-ring (bicyclic) bond motifs is 1.